The Hall–Kier alpha value is -1.22. The first kappa shape index (κ1) is 14.2. The number of phenols is 1. The largest absolute Gasteiger partial charge is 0.508 e. The number of benzene rings is 1. The van der Waals surface area contributed by atoms with Gasteiger partial charge in [0.05, 0.1) is 6.42 Å². The Morgan fingerprint density at radius 1 is 1.37 bits per heavy atom. The van der Waals surface area contributed by atoms with Crippen LogP contribution in [0.25, 0.3) is 0 Å². The Bertz CT molecular complexity index is 436. The normalized spacial score (nSPS) is 23.0. The summed E-state index contributed by atoms with van der Waals surface area (Å²) < 4.78 is 0. The van der Waals surface area contributed by atoms with E-state index in [-0.39, 0.29) is 17.7 Å². The van der Waals surface area contributed by atoms with Gasteiger partial charge in [-0.25, -0.2) is 0 Å². The summed E-state index contributed by atoms with van der Waals surface area (Å²) in [6.45, 7) is 0. The first-order chi connectivity index (χ1) is 9.19. The average molecular weight is 282 g/mol. The van der Waals surface area contributed by atoms with Crippen molar-refractivity contribution in [1.29, 1.82) is 0 Å². The number of carbonyl (C=O) groups excluding carboxylic acids is 1. The summed E-state index contributed by atoms with van der Waals surface area (Å²) in [6.07, 6.45) is 4.78. The van der Waals surface area contributed by atoms with Gasteiger partial charge in [0.25, 0.3) is 0 Å². The molecular formula is C15H20ClNO2. The maximum absolute atomic E-state index is 12.0. The van der Waals surface area contributed by atoms with E-state index >= 15 is 0 Å². The number of alkyl halides is 1. The van der Waals surface area contributed by atoms with Gasteiger partial charge in [-0.3, -0.25) is 4.79 Å². The van der Waals surface area contributed by atoms with Crippen LogP contribution in [0.3, 0.4) is 0 Å². The maximum Gasteiger partial charge on any atom is 0.224 e. The molecule has 1 aromatic carbocycles. The van der Waals surface area contributed by atoms with Crippen molar-refractivity contribution in [2.45, 2.75) is 38.1 Å². The zero-order valence-corrected chi connectivity index (χ0v) is 11.7. The Kier molecular flexibility index (Phi) is 5.08. The molecule has 104 valence electrons. The predicted octanol–water partition coefficient (Wildman–Crippen LogP) is 2.85. The number of amides is 1. The van der Waals surface area contributed by atoms with Crippen LogP contribution in [0.4, 0.5) is 0 Å². The van der Waals surface area contributed by atoms with Crippen LogP contribution < -0.4 is 5.32 Å². The van der Waals surface area contributed by atoms with Crippen LogP contribution in [0.15, 0.2) is 24.3 Å². The molecule has 0 aliphatic heterocycles. The molecule has 2 rings (SSSR count). The van der Waals surface area contributed by atoms with E-state index in [1.54, 1.807) is 18.2 Å². The van der Waals surface area contributed by atoms with Crippen molar-refractivity contribution in [1.82, 2.24) is 5.32 Å². The number of hydrogen-bond acceptors (Lipinski definition) is 2. The fourth-order valence-corrected chi connectivity index (χ4v) is 3.06. The minimum Gasteiger partial charge on any atom is -0.508 e. The summed E-state index contributed by atoms with van der Waals surface area (Å²) in [6, 6.07) is 7.03. The highest BCUT2D eigenvalue weighted by molar-refractivity contribution is 6.18. The molecule has 0 bridgehead atoms. The molecule has 0 radical (unpaired) electrons. The quantitative estimate of drug-likeness (QED) is 0.834. The Balaban J connectivity index is 1.90. The van der Waals surface area contributed by atoms with Crippen molar-refractivity contribution in [2.24, 2.45) is 5.92 Å². The number of rotatable bonds is 4. The number of phenolic OH excluding ortho intramolecular Hbond substituents is 1. The van der Waals surface area contributed by atoms with Crippen LogP contribution in [0, 0.1) is 5.92 Å². The smallest absolute Gasteiger partial charge is 0.224 e. The molecule has 1 saturated carbocycles. The monoisotopic (exact) mass is 281 g/mol. The van der Waals surface area contributed by atoms with Crippen LogP contribution >= 0.6 is 11.6 Å². The van der Waals surface area contributed by atoms with Crippen molar-refractivity contribution in [2.75, 3.05) is 5.88 Å². The zero-order valence-electron chi connectivity index (χ0n) is 10.9. The molecule has 3 nitrogen and oxygen atoms in total. The molecule has 2 atom stereocenters. The molecule has 1 aromatic rings. The van der Waals surface area contributed by atoms with Crippen LogP contribution in [-0.4, -0.2) is 22.9 Å². The number of halogens is 1. The zero-order chi connectivity index (χ0) is 13.7. The summed E-state index contributed by atoms with van der Waals surface area (Å²) in [7, 11) is 0. The molecule has 1 fully saturated rings. The third kappa shape index (κ3) is 4.13. The van der Waals surface area contributed by atoms with Gasteiger partial charge in [-0.2, -0.15) is 0 Å². The fraction of sp³-hybridized carbons (Fsp3) is 0.533. The van der Waals surface area contributed by atoms with E-state index in [9.17, 15) is 9.90 Å². The van der Waals surface area contributed by atoms with Crippen molar-refractivity contribution >= 4 is 17.5 Å². The highest BCUT2D eigenvalue weighted by atomic mass is 35.5. The van der Waals surface area contributed by atoms with E-state index in [0.29, 0.717) is 18.2 Å². The highest BCUT2D eigenvalue weighted by Gasteiger charge is 2.25. The molecule has 0 heterocycles. The predicted molar refractivity (Wildman–Crippen MR) is 76.4 cm³/mol. The minimum absolute atomic E-state index is 0.00705. The highest BCUT2D eigenvalue weighted by Crippen LogP contribution is 2.25. The molecule has 1 aliphatic rings. The van der Waals surface area contributed by atoms with Gasteiger partial charge in [0.2, 0.25) is 5.91 Å². The molecule has 4 heteroatoms. The van der Waals surface area contributed by atoms with E-state index in [1.807, 2.05) is 6.07 Å². The number of nitrogens with one attached hydrogen (secondary N) is 1. The van der Waals surface area contributed by atoms with E-state index < -0.39 is 0 Å². The third-order valence-electron chi connectivity index (χ3n) is 3.73. The summed E-state index contributed by atoms with van der Waals surface area (Å²) in [5.74, 6) is 1.20. The van der Waals surface area contributed by atoms with Crippen molar-refractivity contribution < 1.29 is 9.90 Å². The summed E-state index contributed by atoms with van der Waals surface area (Å²) in [4.78, 5) is 12.0. The van der Waals surface area contributed by atoms with Gasteiger partial charge >= 0.3 is 0 Å². The van der Waals surface area contributed by atoms with Crippen LogP contribution in [0.1, 0.15) is 31.2 Å². The second kappa shape index (κ2) is 6.80. The lowest BCUT2D eigenvalue weighted by Gasteiger charge is -2.30. The molecule has 0 saturated heterocycles. The second-order valence-electron chi connectivity index (χ2n) is 5.22. The topological polar surface area (TPSA) is 49.3 Å². The summed E-state index contributed by atoms with van der Waals surface area (Å²) in [5.41, 5.74) is 0.829. The maximum atomic E-state index is 12.0. The van der Waals surface area contributed by atoms with E-state index in [4.69, 9.17) is 11.6 Å². The number of carbonyl (C=O) groups is 1. The van der Waals surface area contributed by atoms with Crippen LogP contribution in [0.5, 0.6) is 5.75 Å². The molecule has 0 spiro atoms. The SMILES string of the molecule is O=C(Cc1cccc(O)c1)NC1CCCCC1CCl. The Morgan fingerprint density at radius 3 is 2.89 bits per heavy atom. The third-order valence-corrected chi connectivity index (χ3v) is 4.13. The van der Waals surface area contributed by atoms with Crippen molar-refractivity contribution in [3.8, 4) is 5.75 Å². The number of aromatic hydroxyl groups is 1. The van der Waals surface area contributed by atoms with Gasteiger partial charge in [0.15, 0.2) is 0 Å². The molecule has 1 amide bonds. The van der Waals surface area contributed by atoms with Gasteiger partial charge < -0.3 is 10.4 Å². The number of hydrogen-bond donors (Lipinski definition) is 2. The fourth-order valence-electron chi connectivity index (χ4n) is 2.69. The molecule has 0 aromatic heterocycles. The van der Waals surface area contributed by atoms with Gasteiger partial charge in [0.1, 0.15) is 5.75 Å². The molecule has 2 unspecified atom stereocenters. The van der Waals surface area contributed by atoms with Crippen LogP contribution in [-0.2, 0) is 11.2 Å². The van der Waals surface area contributed by atoms with E-state index in [0.717, 1.165) is 24.8 Å². The lowest BCUT2D eigenvalue weighted by atomic mass is 9.85. The van der Waals surface area contributed by atoms with Gasteiger partial charge in [0, 0.05) is 11.9 Å². The van der Waals surface area contributed by atoms with E-state index in [1.165, 1.54) is 6.42 Å². The minimum atomic E-state index is 0.00705. The van der Waals surface area contributed by atoms with Gasteiger partial charge in [-0.05, 0) is 36.5 Å². The van der Waals surface area contributed by atoms with Crippen molar-refractivity contribution in [3.63, 3.8) is 0 Å². The van der Waals surface area contributed by atoms with Crippen molar-refractivity contribution in [3.05, 3.63) is 29.8 Å². The molecule has 19 heavy (non-hydrogen) atoms. The van der Waals surface area contributed by atoms with Crippen LogP contribution in [0.2, 0.25) is 0 Å². The summed E-state index contributed by atoms with van der Waals surface area (Å²) in [5, 5.41) is 12.5. The molecular weight excluding hydrogens is 262 g/mol. The Labute approximate surface area is 119 Å². The Morgan fingerprint density at radius 2 is 2.16 bits per heavy atom. The first-order valence-corrected chi connectivity index (χ1v) is 7.35. The molecule has 1 aliphatic carbocycles. The standard InChI is InChI=1S/C15H20ClNO2/c16-10-12-5-1-2-7-14(12)17-15(19)9-11-4-3-6-13(18)8-11/h3-4,6,8,12,14,18H,1-2,5,7,9-10H2,(H,17,19). The first-order valence-electron chi connectivity index (χ1n) is 6.82. The summed E-state index contributed by atoms with van der Waals surface area (Å²) >= 11 is 5.96. The van der Waals surface area contributed by atoms with Gasteiger partial charge in [-0.15, -0.1) is 11.6 Å². The lowest BCUT2D eigenvalue weighted by Crippen LogP contribution is -2.43. The van der Waals surface area contributed by atoms with E-state index in [2.05, 4.69) is 5.32 Å². The molecule has 2 N–H and O–H groups in total. The van der Waals surface area contributed by atoms with Gasteiger partial charge in [-0.1, -0.05) is 25.0 Å². The second-order valence-corrected chi connectivity index (χ2v) is 5.53. The lowest BCUT2D eigenvalue weighted by molar-refractivity contribution is -0.121. The average Bonchev–Trinajstić information content (AvgIpc) is 2.39.